The molecular formula is C11H19N3O3. The van der Waals surface area contributed by atoms with Crippen LogP contribution in [-0.2, 0) is 14.3 Å². The Hall–Kier alpha value is -1.14. The van der Waals surface area contributed by atoms with Gasteiger partial charge in [-0.3, -0.25) is 14.9 Å². The molecule has 2 aliphatic rings. The van der Waals surface area contributed by atoms with Gasteiger partial charge in [-0.05, 0) is 19.3 Å². The van der Waals surface area contributed by atoms with Gasteiger partial charge in [-0.2, -0.15) is 0 Å². The number of piperazine rings is 1. The van der Waals surface area contributed by atoms with Gasteiger partial charge in [0.15, 0.2) is 0 Å². The molecule has 0 aromatic heterocycles. The highest BCUT2D eigenvalue weighted by atomic mass is 16.5. The number of hydrogen-bond acceptors (Lipinski definition) is 4. The lowest BCUT2D eigenvalue weighted by Gasteiger charge is -2.26. The Labute approximate surface area is 100 Å². The Balaban J connectivity index is 1.67. The number of rotatable bonds is 3. The average molecular weight is 241 g/mol. The van der Waals surface area contributed by atoms with Crippen LogP contribution in [0, 0.1) is 0 Å². The maximum atomic E-state index is 11.8. The number of carbonyl (C=O) groups is 2. The quantitative estimate of drug-likeness (QED) is 0.577. The number of carbonyl (C=O) groups excluding carboxylic acids is 2. The first-order chi connectivity index (χ1) is 8.25. The van der Waals surface area contributed by atoms with E-state index in [1.165, 1.54) is 0 Å². The highest BCUT2D eigenvalue weighted by Crippen LogP contribution is 2.11. The van der Waals surface area contributed by atoms with E-state index in [-0.39, 0.29) is 30.5 Å². The molecule has 2 amide bonds. The molecule has 0 bridgehead atoms. The van der Waals surface area contributed by atoms with Crippen molar-refractivity contribution in [1.82, 2.24) is 16.0 Å². The third kappa shape index (κ3) is 3.67. The fourth-order valence-electron chi connectivity index (χ4n) is 2.06. The van der Waals surface area contributed by atoms with E-state index in [4.69, 9.17) is 4.74 Å². The van der Waals surface area contributed by atoms with Crippen molar-refractivity contribution in [3.8, 4) is 0 Å². The van der Waals surface area contributed by atoms with Crippen LogP contribution < -0.4 is 16.0 Å². The first-order valence-corrected chi connectivity index (χ1v) is 6.15. The summed E-state index contributed by atoms with van der Waals surface area (Å²) in [5, 5.41) is 8.41. The zero-order chi connectivity index (χ0) is 12.1. The third-order valence-electron chi connectivity index (χ3n) is 3.11. The Bertz CT molecular complexity index is 280. The van der Waals surface area contributed by atoms with Gasteiger partial charge in [0.1, 0.15) is 6.04 Å². The monoisotopic (exact) mass is 241 g/mol. The van der Waals surface area contributed by atoms with Gasteiger partial charge in [0.05, 0.1) is 12.6 Å². The fraction of sp³-hybridized carbons (Fsp3) is 0.818. The molecule has 6 heteroatoms. The van der Waals surface area contributed by atoms with Crippen LogP contribution in [0.3, 0.4) is 0 Å². The van der Waals surface area contributed by atoms with Gasteiger partial charge in [-0.1, -0.05) is 0 Å². The predicted octanol–water partition coefficient (Wildman–Crippen LogP) is -1.24. The smallest absolute Gasteiger partial charge is 0.239 e. The lowest BCUT2D eigenvalue weighted by atomic mass is 10.1. The Kier molecular flexibility index (Phi) is 4.33. The molecule has 0 spiro atoms. The van der Waals surface area contributed by atoms with Crippen LogP contribution in [-0.4, -0.2) is 50.2 Å². The Morgan fingerprint density at radius 2 is 2.35 bits per heavy atom. The van der Waals surface area contributed by atoms with E-state index >= 15 is 0 Å². The predicted molar refractivity (Wildman–Crippen MR) is 61.4 cm³/mol. The molecule has 0 saturated carbocycles. The standard InChI is InChI=1S/C11H19N3O3/c15-10-7-12-9(6-13-10)11(16)14-5-8-3-1-2-4-17-8/h8-9,12H,1-7H2,(H,13,15)(H,14,16). The molecule has 2 saturated heterocycles. The summed E-state index contributed by atoms with van der Waals surface area (Å²) in [4.78, 5) is 22.7. The van der Waals surface area contributed by atoms with E-state index < -0.39 is 0 Å². The van der Waals surface area contributed by atoms with Gasteiger partial charge in [-0.15, -0.1) is 0 Å². The highest BCUT2D eigenvalue weighted by Gasteiger charge is 2.24. The summed E-state index contributed by atoms with van der Waals surface area (Å²) in [6.07, 6.45) is 3.43. The maximum absolute atomic E-state index is 11.8. The summed E-state index contributed by atoms with van der Waals surface area (Å²) in [6.45, 7) is 1.91. The van der Waals surface area contributed by atoms with E-state index in [2.05, 4.69) is 16.0 Å². The second-order valence-electron chi connectivity index (χ2n) is 4.47. The van der Waals surface area contributed by atoms with Crippen molar-refractivity contribution in [3.05, 3.63) is 0 Å². The summed E-state index contributed by atoms with van der Waals surface area (Å²) in [5.74, 6) is -0.135. The van der Waals surface area contributed by atoms with Gasteiger partial charge < -0.3 is 15.4 Å². The molecule has 2 fully saturated rings. The molecule has 2 rings (SSSR count). The summed E-state index contributed by atoms with van der Waals surface area (Å²) in [6, 6.07) is -0.323. The Morgan fingerprint density at radius 1 is 1.47 bits per heavy atom. The van der Waals surface area contributed by atoms with Crippen LogP contribution in [0.15, 0.2) is 0 Å². The topological polar surface area (TPSA) is 79.5 Å². The Morgan fingerprint density at radius 3 is 3.00 bits per heavy atom. The zero-order valence-corrected chi connectivity index (χ0v) is 9.83. The summed E-state index contributed by atoms with van der Waals surface area (Å²) in [5.41, 5.74) is 0. The van der Waals surface area contributed by atoms with Crippen molar-refractivity contribution in [2.24, 2.45) is 0 Å². The molecule has 0 aromatic rings. The van der Waals surface area contributed by atoms with E-state index in [1.54, 1.807) is 0 Å². The van der Waals surface area contributed by atoms with Crippen molar-refractivity contribution in [1.29, 1.82) is 0 Å². The van der Waals surface area contributed by atoms with Crippen LogP contribution >= 0.6 is 0 Å². The molecule has 3 N–H and O–H groups in total. The zero-order valence-electron chi connectivity index (χ0n) is 9.83. The van der Waals surface area contributed by atoms with Crippen LogP contribution in [0.2, 0.25) is 0 Å². The van der Waals surface area contributed by atoms with Crippen molar-refractivity contribution >= 4 is 11.8 Å². The molecule has 2 heterocycles. The molecule has 17 heavy (non-hydrogen) atoms. The number of nitrogens with one attached hydrogen (secondary N) is 3. The molecule has 0 aromatic carbocycles. The van der Waals surface area contributed by atoms with Crippen molar-refractivity contribution in [3.63, 3.8) is 0 Å². The highest BCUT2D eigenvalue weighted by molar-refractivity contribution is 5.86. The second kappa shape index (κ2) is 5.97. The van der Waals surface area contributed by atoms with Crippen molar-refractivity contribution in [2.75, 3.05) is 26.2 Å². The molecule has 2 atom stereocenters. The fourth-order valence-corrected chi connectivity index (χ4v) is 2.06. The van der Waals surface area contributed by atoms with Crippen LogP contribution in [0.4, 0.5) is 0 Å². The molecule has 6 nitrogen and oxygen atoms in total. The summed E-state index contributed by atoms with van der Waals surface area (Å²) >= 11 is 0. The molecule has 96 valence electrons. The third-order valence-corrected chi connectivity index (χ3v) is 3.11. The van der Waals surface area contributed by atoms with Crippen molar-refractivity contribution < 1.29 is 14.3 Å². The van der Waals surface area contributed by atoms with Gasteiger partial charge in [-0.25, -0.2) is 0 Å². The van der Waals surface area contributed by atoms with Gasteiger partial charge in [0.25, 0.3) is 0 Å². The minimum atomic E-state index is -0.323. The summed E-state index contributed by atoms with van der Waals surface area (Å²) in [7, 11) is 0. The SMILES string of the molecule is O=C1CNC(C(=O)NCC2CCCCO2)CN1. The minimum Gasteiger partial charge on any atom is -0.376 e. The first kappa shape index (κ1) is 12.3. The maximum Gasteiger partial charge on any atom is 0.239 e. The van der Waals surface area contributed by atoms with E-state index in [9.17, 15) is 9.59 Å². The molecule has 0 aliphatic carbocycles. The minimum absolute atomic E-state index is 0.0651. The molecular weight excluding hydrogens is 222 g/mol. The largest absolute Gasteiger partial charge is 0.376 e. The normalized spacial score (nSPS) is 29.5. The van der Waals surface area contributed by atoms with E-state index in [1.807, 2.05) is 0 Å². The molecule has 2 aliphatic heterocycles. The molecule has 0 radical (unpaired) electrons. The lowest BCUT2D eigenvalue weighted by Crippen LogP contribution is -2.58. The van der Waals surface area contributed by atoms with Gasteiger partial charge in [0, 0.05) is 19.7 Å². The van der Waals surface area contributed by atoms with E-state index in [0.29, 0.717) is 13.1 Å². The van der Waals surface area contributed by atoms with Gasteiger partial charge >= 0.3 is 0 Å². The number of ether oxygens (including phenoxy) is 1. The first-order valence-electron chi connectivity index (χ1n) is 6.15. The van der Waals surface area contributed by atoms with Crippen molar-refractivity contribution in [2.45, 2.75) is 31.4 Å². The lowest BCUT2D eigenvalue weighted by molar-refractivity contribution is -0.127. The molecule has 2 unspecified atom stereocenters. The van der Waals surface area contributed by atoms with E-state index in [0.717, 1.165) is 25.9 Å². The van der Waals surface area contributed by atoms with Crippen LogP contribution in [0.5, 0.6) is 0 Å². The summed E-state index contributed by atoms with van der Waals surface area (Å²) < 4.78 is 5.53. The number of amides is 2. The van der Waals surface area contributed by atoms with Crippen LogP contribution in [0.25, 0.3) is 0 Å². The number of hydrogen-bond donors (Lipinski definition) is 3. The average Bonchev–Trinajstić information content (AvgIpc) is 2.38. The van der Waals surface area contributed by atoms with Gasteiger partial charge in [0.2, 0.25) is 11.8 Å². The second-order valence-corrected chi connectivity index (χ2v) is 4.47. The van der Waals surface area contributed by atoms with Crippen LogP contribution in [0.1, 0.15) is 19.3 Å².